The molecule has 0 aliphatic rings. The Kier molecular flexibility index (Phi) is 5.02. The highest BCUT2D eigenvalue weighted by Gasteiger charge is 2.12. The van der Waals surface area contributed by atoms with Gasteiger partial charge in [0.15, 0.2) is 0 Å². The first-order valence-electron chi connectivity index (χ1n) is 8.92. The van der Waals surface area contributed by atoms with Gasteiger partial charge in [0.25, 0.3) is 0 Å². The molecule has 0 atom stereocenters. The summed E-state index contributed by atoms with van der Waals surface area (Å²) >= 11 is 0. The zero-order valence-corrected chi connectivity index (χ0v) is 16.0. The van der Waals surface area contributed by atoms with Crippen LogP contribution in [0.1, 0.15) is 0 Å². The maximum atomic E-state index is 12.5. The third-order valence-electron chi connectivity index (χ3n) is 4.30. The zero-order valence-electron chi connectivity index (χ0n) is 16.0. The Hall–Kier alpha value is -4.01. The van der Waals surface area contributed by atoms with E-state index in [9.17, 15) is 4.79 Å². The lowest BCUT2D eigenvalue weighted by Crippen LogP contribution is -2.20. The van der Waals surface area contributed by atoms with Gasteiger partial charge in [0.05, 0.1) is 24.7 Å². The normalized spacial score (nSPS) is 10.7. The van der Waals surface area contributed by atoms with Crippen molar-refractivity contribution in [3.05, 3.63) is 60.9 Å². The van der Waals surface area contributed by atoms with E-state index in [4.69, 9.17) is 4.74 Å². The Bertz CT molecular complexity index is 1120. The van der Waals surface area contributed by atoms with Gasteiger partial charge in [0.1, 0.15) is 12.4 Å². The van der Waals surface area contributed by atoms with Gasteiger partial charge < -0.3 is 10.1 Å². The van der Waals surface area contributed by atoms with Crippen molar-refractivity contribution < 1.29 is 9.53 Å². The molecule has 0 bridgehead atoms. The third-order valence-corrected chi connectivity index (χ3v) is 4.30. The molecule has 0 fully saturated rings. The zero-order chi connectivity index (χ0) is 20.2. The van der Waals surface area contributed by atoms with Crippen molar-refractivity contribution >= 4 is 11.7 Å². The number of carbonyl (C=O) groups excluding carboxylic acids is 1. The average Bonchev–Trinajstić information content (AvgIpc) is 3.35. The Morgan fingerprint density at radius 1 is 1.07 bits per heavy atom. The van der Waals surface area contributed by atoms with Crippen molar-refractivity contribution in [1.29, 1.82) is 0 Å². The number of aromatic nitrogens is 6. The molecule has 29 heavy (non-hydrogen) atoms. The van der Waals surface area contributed by atoms with Gasteiger partial charge in [-0.15, -0.1) is 10.2 Å². The minimum atomic E-state index is -0.205. The topological polar surface area (TPSA) is 99.8 Å². The molecular weight excluding hydrogens is 370 g/mol. The van der Waals surface area contributed by atoms with Crippen molar-refractivity contribution in [3.63, 3.8) is 0 Å². The van der Waals surface area contributed by atoms with Crippen LogP contribution in [0.4, 0.5) is 5.82 Å². The van der Waals surface area contributed by atoms with Crippen molar-refractivity contribution in [2.75, 3.05) is 12.4 Å². The molecule has 9 heteroatoms. The number of carbonyl (C=O) groups is 1. The van der Waals surface area contributed by atoms with E-state index in [0.29, 0.717) is 17.4 Å². The minimum absolute atomic E-state index is 0.0649. The SMILES string of the molecule is COc1ccc(-c2cnn(CC(=O)Nc3cc(-c4ccccc4)nn3C)c2)nn1. The summed E-state index contributed by atoms with van der Waals surface area (Å²) in [7, 11) is 3.32. The molecule has 3 heterocycles. The predicted octanol–water partition coefficient (Wildman–Crippen LogP) is 2.39. The largest absolute Gasteiger partial charge is 0.480 e. The summed E-state index contributed by atoms with van der Waals surface area (Å²) in [5.41, 5.74) is 3.19. The van der Waals surface area contributed by atoms with Gasteiger partial charge in [-0.05, 0) is 6.07 Å². The number of amides is 1. The molecule has 4 aromatic rings. The number of hydrogen-bond donors (Lipinski definition) is 1. The summed E-state index contributed by atoms with van der Waals surface area (Å²) in [6.07, 6.45) is 3.38. The van der Waals surface area contributed by atoms with E-state index < -0.39 is 0 Å². The number of benzene rings is 1. The monoisotopic (exact) mass is 389 g/mol. The second-order valence-electron chi connectivity index (χ2n) is 6.34. The van der Waals surface area contributed by atoms with E-state index >= 15 is 0 Å². The highest BCUT2D eigenvalue weighted by atomic mass is 16.5. The molecular formula is C20H19N7O2. The molecule has 0 radical (unpaired) electrons. The van der Waals surface area contributed by atoms with Crippen LogP contribution in [0.2, 0.25) is 0 Å². The molecule has 1 N–H and O–H groups in total. The first-order valence-corrected chi connectivity index (χ1v) is 8.92. The van der Waals surface area contributed by atoms with Gasteiger partial charge in [0, 0.05) is 36.5 Å². The summed E-state index contributed by atoms with van der Waals surface area (Å²) in [6.45, 7) is 0.0649. The van der Waals surface area contributed by atoms with Crippen LogP contribution < -0.4 is 10.1 Å². The Labute approximate surface area is 167 Å². The van der Waals surface area contributed by atoms with Gasteiger partial charge in [-0.3, -0.25) is 14.2 Å². The second kappa shape index (κ2) is 7.93. The molecule has 0 saturated heterocycles. The molecule has 0 aliphatic carbocycles. The van der Waals surface area contributed by atoms with E-state index in [1.165, 1.54) is 7.11 Å². The Morgan fingerprint density at radius 2 is 1.90 bits per heavy atom. The smallest absolute Gasteiger partial charge is 0.247 e. The lowest BCUT2D eigenvalue weighted by molar-refractivity contribution is -0.116. The standard InChI is InChI=1S/C20H19N7O2/c1-26-18(10-17(25-26)14-6-4-3-5-7-14)22-19(28)13-27-12-15(11-21-27)16-8-9-20(29-2)24-23-16/h3-12H,13H2,1-2H3,(H,22,28). The van der Waals surface area contributed by atoms with Crippen LogP contribution in [0, 0.1) is 0 Å². The number of nitrogens with one attached hydrogen (secondary N) is 1. The van der Waals surface area contributed by atoms with Crippen molar-refractivity contribution in [3.8, 4) is 28.4 Å². The van der Waals surface area contributed by atoms with Crippen LogP contribution >= 0.6 is 0 Å². The fraction of sp³-hybridized carbons (Fsp3) is 0.150. The minimum Gasteiger partial charge on any atom is -0.480 e. The lowest BCUT2D eigenvalue weighted by Gasteiger charge is -2.05. The van der Waals surface area contributed by atoms with Crippen LogP contribution in [0.25, 0.3) is 22.5 Å². The second-order valence-corrected chi connectivity index (χ2v) is 6.34. The molecule has 1 amide bonds. The highest BCUT2D eigenvalue weighted by Crippen LogP contribution is 2.21. The number of aryl methyl sites for hydroxylation is 1. The summed E-state index contributed by atoms with van der Waals surface area (Å²) in [5.74, 6) is 0.844. The van der Waals surface area contributed by atoms with Gasteiger partial charge in [-0.2, -0.15) is 10.2 Å². The number of methoxy groups -OCH3 is 1. The summed E-state index contributed by atoms with van der Waals surface area (Å²) in [5, 5.41) is 19.6. The number of ether oxygens (including phenoxy) is 1. The number of nitrogens with zero attached hydrogens (tertiary/aromatic N) is 6. The Morgan fingerprint density at radius 3 is 2.62 bits per heavy atom. The van der Waals surface area contributed by atoms with Crippen molar-refractivity contribution in [2.24, 2.45) is 7.05 Å². The number of hydrogen-bond acceptors (Lipinski definition) is 6. The first kappa shape index (κ1) is 18.4. The van der Waals surface area contributed by atoms with Crippen molar-refractivity contribution in [2.45, 2.75) is 6.54 Å². The van der Waals surface area contributed by atoms with E-state index in [-0.39, 0.29) is 12.5 Å². The quantitative estimate of drug-likeness (QED) is 0.544. The third kappa shape index (κ3) is 4.13. The number of anilines is 1. The molecule has 0 spiro atoms. The van der Waals surface area contributed by atoms with Crippen LogP contribution in [0.5, 0.6) is 5.88 Å². The number of rotatable bonds is 6. The molecule has 4 rings (SSSR count). The van der Waals surface area contributed by atoms with Gasteiger partial charge >= 0.3 is 0 Å². The molecule has 9 nitrogen and oxygen atoms in total. The van der Waals surface area contributed by atoms with Crippen LogP contribution in [0.15, 0.2) is 60.9 Å². The summed E-state index contributed by atoms with van der Waals surface area (Å²) in [6, 6.07) is 15.1. The molecule has 1 aromatic carbocycles. The van der Waals surface area contributed by atoms with E-state index in [1.807, 2.05) is 36.4 Å². The van der Waals surface area contributed by atoms with E-state index in [0.717, 1.165) is 16.8 Å². The van der Waals surface area contributed by atoms with E-state index in [2.05, 4.69) is 25.7 Å². The lowest BCUT2D eigenvalue weighted by atomic mass is 10.2. The maximum absolute atomic E-state index is 12.5. The van der Waals surface area contributed by atoms with E-state index in [1.54, 1.807) is 40.9 Å². The van der Waals surface area contributed by atoms with Crippen LogP contribution in [0.3, 0.4) is 0 Å². The summed E-state index contributed by atoms with van der Waals surface area (Å²) in [4.78, 5) is 12.5. The maximum Gasteiger partial charge on any atom is 0.247 e. The van der Waals surface area contributed by atoms with Gasteiger partial charge in [0.2, 0.25) is 11.8 Å². The predicted molar refractivity (Wildman–Crippen MR) is 107 cm³/mol. The van der Waals surface area contributed by atoms with Gasteiger partial charge in [-0.25, -0.2) is 0 Å². The van der Waals surface area contributed by atoms with Gasteiger partial charge in [-0.1, -0.05) is 30.3 Å². The molecule has 0 aliphatic heterocycles. The Balaban J connectivity index is 1.43. The fourth-order valence-electron chi connectivity index (χ4n) is 2.83. The average molecular weight is 389 g/mol. The highest BCUT2D eigenvalue weighted by molar-refractivity contribution is 5.90. The van der Waals surface area contributed by atoms with Crippen LogP contribution in [-0.4, -0.2) is 42.8 Å². The molecule has 0 saturated carbocycles. The first-order chi connectivity index (χ1) is 14.1. The van der Waals surface area contributed by atoms with Crippen molar-refractivity contribution in [1.82, 2.24) is 29.8 Å². The fourth-order valence-corrected chi connectivity index (χ4v) is 2.83. The summed E-state index contributed by atoms with van der Waals surface area (Å²) < 4.78 is 8.19. The molecule has 0 unspecified atom stereocenters. The van der Waals surface area contributed by atoms with Crippen LogP contribution in [-0.2, 0) is 18.4 Å². The molecule has 146 valence electrons. The molecule has 3 aromatic heterocycles.